The molecule has 22 rings (SSSR count). The van der Waals surface area contributed by atoms with Crippen molar-refractivity contribution in [1.82, 2.24) is 59.4 Å². The highest BCUT2D eigenvalue weighted by molar-refractivity contribution is 8.05. The van der Waals surface area contributed by atoms with Gasteiger partial charge in [0.25, 0.3) is 0 Å². The predicted molar refractivity (Wildman–Crippen MR) is 498 cm³/mol. The van der Waals surface area contributed by atoms with Gasteiger partial charge in [-0.2, -0.15) is 0 Å². The molecular formula is C106H70N14OS2. The molecule has 0 spiro atoms. The Morgan fingerprint density at radius 1 is 0.374 bits per heavy atom. The molecule has 12 heterocycles. The molecule has 2 atom stereocenters. The Hall–Kier alpha value is -15.4. The van der Waals surface area contributed by atoms with E-state index < -0.39 is 0 Å². The Labute approximate surface area is 716 Å². The molecule has 2 unspecified atom stereocenters. The first-order valence-electron chi connectivity index (χ1n) is 40.6. The van der Waals surface area contributed by atoms with Crippen LogP contribution in [0.15, 0.2) is 372 Å². The summed E-state index contributed by atoms with van der Waals surface area (Å²) in [5.74, 6) is 0.909. The topological polar surface area (TPSA) is 185 Å². The third-order valence-electron chi connectivity index (χ3n) is 23.5. The number of hydrogen-bond donors (Lipinski definition) is 0. The highest BCUT2D eigenvalue weighted by Crippen LogP contribution is 2.67. The Morgan fingerprint density at radius 3 is 1.63 bits per heavy atom. The minimum atomic E-state index is 0.212. The second kappa shape index (κ2) is 31.1. The Balaban J connectivity index is 0.609. The molecule has 0 amide bonds. The maximum Gasteiger partial charge on any atom is 0.163 e. The van der Waals surface area contributed by atoms with E-state index in [0.717, 1.165) is 178 Å². The molecule has 0 bridgehead atoms. The molecule has 123 heavy (non-hydrogen) atoms. The van der Waals surface area contributed by atoms with Gasteiger partial charge in [-0.15, -0.1) is 23.5 Å². The summed E-state index contributed by atoms with van der Waals surface area (Å²) in [6.07, 6.45) is 23.6. The number of hydrogen-bond acceptors (Lipinski definition) is 15. The average Bonchev–Trinajstić information content (AvgIpc) is 1.59. The van der Waals surface area contributed by atoms with E-state index in [2.05, 4.69) is 227 Å². The number of benzene rings is 10. The van der Waals surface area contributed by atoms with Gasteiger partial charge in [-0.25, -0.2) is 20.0 Å². The highest BCUT2D eigenvalue weighted by Gasteiger charge is 2.42. The Morgan fingerprint density at radius 2 is 0.943 bits per heavy atom. The molecule has 15 nitrogen and oxygen atoms in total. The van der Waals surface area contributed by atoms with E-state index in [4.69, 9.17) is 49.3 Å². The number of pyridine rings is 5. The largest absolute Gasteiger partial charge is 0.455 e. The lowest BCUT2D eigenvalue weighted by molar-refractivity contribution is 0.668. The molecule has 0 saturated heterocycles. The first kappa shape index (κ1) is 73.9. The van der Waals surface area contributed by atoms with Crippen molar-refractivity contribution in [3.8, 4) is 141 Å². The van der Waals surface area contributed by atoms with Gasteiger partial charge in [0.1, 0.15) is 16.9 Å². The number of allylic oxidation sites excluding steroid dienone is 1. The zero-order chi connectivity index (χ0) is 82.2. The zero-order valence-corrected chi connectivity index (χ0v) is 68.4. The van der Waals surface area contributed by atoms with Gasteiger partial charge in [0.05, 0.1) is 103 Å². The van der Waals surface area contributed by atoms with Gasteiger partial charge in [0.2, 0.25) is 0 Å². The fourth-order valence-corrected chi connectivity index (χ4v) is 20.7. The van der Waals surface area contributed by atoms with Crippen molar-refractivity contribution in [2.45, 2.75) is 41.1 Å². The first-order chi connectivity index (χ1) is 60.7. The third-order valence-corrected chi connectivity index (χ3v) is 26.5. The second-order valence-electron chi connectivity index (χ2n) is 30.5. The van der Waals surface area contributed by atoms with Gasteiger partial charge in [-0.3, -0.25) is 44.9 Å². The molecule has 10 aromatic heterocycles. The minimum absolute atomic E-state index is 0.212. The van der Waals surface area contributed by atoms with E-state index in [0.29, 0.717) is 39.8 Å². The molecule has 0 fully saturated rings. The maximum absolute atomic E-state index is 7.33. The monoisotopic (exact) mass is 1620 g/mol. The van der Waals surface area contributed by atoms with Crippen molar-refractivity contribution >= 4 is 85.5 Å². The summed E-state index contributed by atoms with van der Waals surface area (Å²) in [6, 6.07) is 94.0. The number of amidine groups is 1. The summed E-state index contributed by atoms with van der Waals surface area (Å²) in [6.45, 7) is 10.5. The summed E-state index contributed by atoms with van der Waals surface area (Å²) in [4.78, 5) is 66.2. The number of nitrogens with zero attached hydrogens (tertiary/aromatic N) is 14. The molecule has 0 saturated carbocycles. The van der Waals surface area contributed by atoms with Crippen molar-refractivity contribution in [3.05, 3.63) is 381 Å². The fourth-order valence-electron chi connectivity index (χ4n) is 17.6. The molecule has 17 heteroatoms. The molecule has 10 aromatic carbocycles. The summed E-state index contributed by atoms with van der Waals surface area (Å²) in [5, 5.41) is 4.19. The summed E-state index contributed by atoms with van der Waals surface area (Å²) in [5.41, 5.74) is 32.5. The number of furan rings is 1. The smallest absolute Gasteiger partial charge is 0.163 e. The van der Waals surface area contributed by atoms with Crippen molar-refractivity contribution in [2.24, 2.45) is 9.98 Å². The van der Waals surface area contributed by atoms with Crippen LogP contribution in [0.25, 0.3) is 190 Å². The minimum Gasteiger partial charge on any atom is -0.455 e. The molecule has 0 aliphatic carbocycles. The number of rotatable bonds is 16. The van der Waals surface area contributed by atoms with E-state index in [1.807, 2.05) is 146 Å². The van der Waals surface area contributed by atoms with Crippen molar-refractivity contribution in [2.75, 3.05) is 0 Å². The number of aliphatic imine (C=N–C) groups is 2. The van der Waals surface area contributed by atoms with Gasteiger partial charge in [-0.05, 0) is 221 Å². The maximum atomic E-state index is 7.33. The van der Waals surface area contributed by atoms with Crippen LogP contribution in [0.3, 0.4) is 0 Å². The molecule has 2 aliphatic heterocycles. The van der Waals surface area contributed by atoms with Crippen LogP contribution in [0.1, 0.15) is 50.8 Å². The van der Waals surface area contributed by atoms with Crippen LogP contribution in [0.2, 0.25) is 0 Å². The normalized spacial score (nSPS) is 13.7. The van der Waals surface area contributed by atoms with E-state index in [-0.39, 0.29) is 10.5 Å². The quantitative estimate of drug-likeness (QED) is 0.0657. The van der Waals surface area contributed by atoms with Gasteiger partial charge >= 0.3 is 0 Å². The SMILES string of the molecule is C=N/C(=N\C(=C/C)c1ccccc1)c1cc(-c2cccnc2-c2ccccn2)cc2c1oc1c(-c3nccc(-c4ccccc4)n3)cc(-c3cccc(-c4ccc5c(c4)C4Sc6ccc(-c7cccc(-c8cc9c%10cc(-c%11cccnc%11-c%11cnccn%11)ncc%10n(-c%10cccc(-c%11cccc(-c%12cnccn%12)c%11C)c%10C)c9cn8)c7)cc6C4S5)c3)cc12. The molecule has 582 valence electrons. The fraction of sp³-hybridized carbons (Fsp3) is 0.0472. The highest BCUT2D eigenvalue weighted by atomic mass is 32.2. The number of aromatic nitrogens is 12. The summed E-state index contributed by atoms with van der Waals surface area (Å²) in [7, 11) is 0. The zero-order valence-electron chi connectivity index (χ0n) is 66.8. The second-order valence-corrected chi connectivity index (χ2v) is 32.9. The molecule has 0 radical (unpaired) electrons. The van der Waals surface area contributed by atoms with Crippen LogP contribution >= 0.6 is 23.5 Å². The number of thioether (sulfide) groups is 2. The van der Waals surface area contributed by atoms with E-state index in [1.165, 1.54) is 20.9 Å². The lowest BCUT2D eigenvalue weighted by atomic mass is 9.92. The van der Waals surface area contributed by atoms with Crippen LogP contribution in [0, 0.1) is 13.8 Å². The van der Waals surface area contributed by atoms with Gasteiger partial charge < -0.3 is 8.98 Å². The first-order valence-corrected chi connectivity index (χ1v) is 42.4. The van der Waals surface area contributed by atoms with Crippen molar-refractivity contribution in [3.63, 3.8) is 0 Å². The van der Waals surface area contributed by atoms with Gasteiger partial charge in [-0.1, -0.05) is 158 Å². The molecule has 20 aromatic rings. The van der Waals surface area contributed by atoms with Crippen molar-refractivity contribution in [1.29, 1.82) is 0 Å². The van der Waals surface area contributed by atoms with Gasteiger partial charge in [0.15, 0.2) is 11.7 Å². The van der Waals surface area contributed by atoms with E-state index in [9.17, 15) is 0 Å². The lowest BCUT2D eigenvalue weighted by Crippen LogP contribution is -2.00. The Kier molecular flexibility index (Phi) is 18.7. The van der Waals surface area contributed by atoms with Crippen LogP contribution in [-0.4, -0.2) is 71.9 Å². The standard InChI is InChI=1S/C106H70N14OS2/c1-5-87(64-20-8-6-9-21-64)118-105(107-4)85-55-73(77-31-18-41-113-99(77)89-33-12-13-40-110-89)54-82-81-52-72(53-86(102(81)121-101(82)85)106-115-43-39-88(119-106)65-22-10-7-11-23-65)68-26-14-24-66(48-68)69-35-37-97-83(50-69)103-104(122-97)84-51-70(36-38-98(84)123-103)67-25-15-27-71(49-67)90-56-79-80-57-91(78-32-19-42-114-100(78)93-59-109-45-47-112-93)117-61-96(80)120(95(79)60-116-90)94-34-17-29-75(63(94)3)74-28-16-30-76(62(74)2)92-58-108-44-46-111-92/h5-61,103-104H,4H2,1-3H3/b87-5-,118-105-. The molecule has 0 N–H and O–H groups in total. The van der Waals surface area contributed by atoms with E-state index >= 15 is 0 Å². The average molecular weight is 1620 g/mol. The number of fused-ring (bicyclic) bond motifs is 11. The van der Waals surface area contributed by atoms with E-state index in [1.54, 1.807) is 49.6 Å². The van der Waals surface area contributed by atoms with Gasteiger partial charge in [0, 0.05) is 114 Å². The van der Waals surface area contributed by atoms with Crippen LogP contribution in [0.5, 0.6) is 0 Å². The lowest BCUT2D eigenvalue weighted by Gasteiger charge is -2.17. The summed E-state index contributed by atoms with van der Waals surface area (Å²) >= 11 is 3.94. The summed E-state index contributed by atoms with van der Waals surface area (Å²) < 4.78 is 9.65. The predicted octanol–water partition coefficient (Wildman–Crippen LogP) is 26.2. The van der Waals surface area contributed by atoms with Crippen LogP contribution in [0.4, 0.5) is 0 Å². The molecule has 2 aliphatic rings. The Bertz CT molecular complexity index is 7710. The van der Waals surface area contributed by atoms with Crippen LogP contribution in [-0.2, 0) is 0 Å². The molecular weight excluding hydrogens is 1550 g/mol. The van der Waals surface area contributed by atoms with Crippen molar-refractivity contribution < 1.29 is 4.42 Å². The van der Waals surface area contributed by atoms with Crippen LogP contribution < -0.4 is 0 Å². The third kappa shape index (κ3) is 13.2.